The summed E-state index contributed by atoms with van der Waals surface area (Å²) in [6, 6.07) is 14.8. The number of aliphatic hydroxyl groups is 2. The molecule has 10 heteroatoms. The number of carbonyl (C=O) groups excluding carboxylic acids is 2. The highest BCUT2D eigenvalue weighted by Gasteiger charge is 2.27. The Labute approximate surface area is 249 Å². The van der Waals surface area contributed by atoms with Crippen molar-refractivity contribution in [3.8, 4) is 5.75 Å². The Balaban J connectivity index is 2.04. The van der Waals surface area contributed by atoms with E-state index in [0.717, 1.165) is 11.1 Å². The van der Waals surface area contributed by atoms with Crippen LogP contribution in [0.5, 0.6) is 5.75 Å². The third kappa shape index (κ3) is 14.3. The first-order valence-electron chi connectivity index (χ1n) is 14.2. The molecule has 10 nitrogen and oxygen atoms in total. The molecule has 0 heterocycles. The van der Waals surface area contributed by atoms with Crippen molar-refractivity contribution in [1.82, 2.24) is 16.0 Å². The number of ether oxygens (including phenoxy) is 2. The number of nitrogens with one attached hydrogen (secondary N) is 3. The second-order valence-electron chi connectivity index (χ2n) is 12.2. The second-order valence-corrected chi connectivity index (χ2v) is 12.2. The summed E-state index contributed by atoms with van der Waals surface area (Å²) in [6.07, 6.45) is 0.978. The molecule has 0 aromatic heterocycles. The van der Waals surface area contributed by atoms with E-state index in [2.05, 4.69) is 16.0 Å². The number of aromatic hydroxyl groups is 1. The molecule has 0 saturated heterocycles. The fourth-order valence-corrected chi connectivity index (χ4v) is 3.98. The summed E-state index contributed by atoms with van der Waals surface area (Å²) in [5.41, 5.74) is 0.376. The van der Waals surface area contributed by atoms with Crippen molar-refractivity contribution in [2.24, 2.45) is 0 Å². The highest BCUT2D eigenvalue weighted by Crippen LogP contribution is 2.14. The number of carbonyl (C=O) groups is 2. The lowest BCUT2D eigenvalue weighted by molar-refractivity contribution is 0.0401. The van der Waals surface area contributed by atoms with Crippen LogP contribution in [-0.2, 0) is 15.9 Å². The number of aliphatic hydroxyl groups excluding tert-OH is 2. The van der Waals surface area contributed by atoms with Crippen LogP contribution in [-0.4, -0.2) is 76.1 Å². The van der Waals surface area contributed by atoms with Gasteiger partial charge in [0.2, 0.25) is 0 Å². The summed E-state index contributed by atoms with van der Waals surface area (Å²) in [4.78, 5) is 25.0. The minimum atomic E-state index is -1.03. The Bertz CT molecular complexity index is 1130. The Morgan fingerprint density at radius 3 is 1.81 bits per heavy atom. The van der Waals surface area contributed by atoms with Gasteiger partial charge in [-0.2, -0.15) is 0 Å². The normalized spacial score (nSPS) is 15.0. The van der Waals surface area contributed by atoms with Crippen molar-refractivity contribution in [3.05, 3.63) is 71.8 Å². The molecular weight excluding hydrogens is 538 g/mol. The Hall–Kier alpha value is -3.60. The van der Waals surface area contributed by atoms with Crippen LogP contribution in [0.2, 0.25) is 0 Å². The van der Waals surface area contributed by atoms with Gasteiger partial charge in [0.15, 0.2) is 0 Å². The van der Waals surface area contributed by atoms with E-state index in [4.69, 9.17) is 9.47 Å². The summed E-state index contributed by atoms with van der Waals surface area (Å²) >= 11 is 0. The van der Waals surface area contributed by atoms with Crippen LogP contribution in [0, 0.1) is 0 Å². The minimum absolute atomic E-state index is 0.0507. The summed E-state index contributed by atoms with van der Waals surface area (Å²) in [5, 5.41) is 40.0. The zero-order valence-corrected chi connectivity index (χ0v) is 25.5. The lowest BCUT2D eigenvalue weighted by Gasteiger charge is -2.28. The van der Waals surface area contributed by atoms with E-state index in [-0.39, 0.29) is 18.8 Å². The van der Waals surface area contributed by atoms with Crippen LogP contribution in [0.15, 0.2) is 60.7 Å². The van der Waals surface area contributed by atoms with Gasteiger partial charge in [-0.3, -0.25) is 0 Å². The van der Waals surface area contributed by atoms with Crippen molar-refractivity contribution < 1.29 is 34.4 Å². The van der Waals surface area contributed by atoms with E-state index in [9.17, 15) is 24.9 Å². The van der Waals surface area contributed by atoms with Gasteiger partial charge in [-0.1, -0.05) is 54.6 Å². The molecule has 0 saturated carbocycles. The van der Waals surface area contributed by atoms with Crippen LogP contribution >= 0.6 is 0 Å². The number of alkyl carbamates (subject to hydrolysis) is 2. The van der Waals surface area contributed by atoms with Crippen molar-refractivity contribution >= 4 is 18.3 Å². The van der Waals surface area contributed by atoms with Gasteiger partial charge in [0.25, 0.3) is 0 Å². The van der Waals surface area contributed by atoms with Crippen molar-refractivity contribution in [2.75, 3.05) is 13.1 Å². The summed E-state index contributed by atoms with van der Waals surface area (Å²) in [7, 11) is 0. The van der Waals surface area contributed by atoms with Gasteiger partial charge in [0.05, 0.1) is 24.3 Å². The highest BCUT2D eigenvalue weighted by atomic mass is 16.6. The molecule has 42 heavy (non-hydrogen) atoms. The number of phenolic OH excluding ortho intramolecular Hbond substituents is 1. The van der Waals surface area contributed by atoms with E-state index < -0.39 is 47.7 Å². The number of benzene rings is 2. The molecule has 2 rings (SSSR count). The predicted octanol–water partition coefficient (Wildman–Crippen LogP) is 4.14. The van der Waals surface area contributed by atoms with E-state index in [0.29, 0.717) is 12.8 Å². The van der Waals surface area contributed by atoms with Crippen LogP contribution in [0.4, 0.5) is 9.59 Å². The zero-order chi connectivity index (χ0) is 31.3. The maximum Gasteiger partial charge on any atom is 0.407 e. The number of amides is 2. The third-order valence-electron chi connectivity index (χ3n) is 5.93. The first kappa shape index (κ1) is 34.6. The summed E-state index contributed by atoms with van der Waals surface area (Å²) in [6.45, 7) is 10.7. The van der Waals surface area contributed by atoms with E-state index in [1.54, 1.807) is 65.8 Å². The maximum absolute atomic E-state index is 12.5. The molecule has 2 aromatic rings. The van der Waals surface area contributed by atoms with Gasteiger partial charge in [0, 0.05) is 13.1 Å². The maximum atomic E-state index is 12.5. The lowest BCUT2D eigenvalue weighted by Crippen LogP contribution is -2.52. The van der Waals surface area contributed by atoms with Gasteiger partial charge in [-0.05, 0) is 77.6 Å². The molecule has 0 fully saturated rings. The van der Waals surface area contributed by atoms with Crippen LogP contribution in [0.25, 0.3) is 6.08 Å². The fourth-order valence-electron chi connectivity index (χ4n) is 3.98. The largest absolute Gasteiger partial charge is 0.508 e. The average Bonchev–Trinajstić information content (AvgIpc) is 2.87. The van der Waals surface area contributed by atoms with Crippen molar-refractivity contribution in [1.29, 1.82) is 0 Å². The molecule has 0 aliphatic carbocycles. The number of phenols is 1. The van der Waals surface area contributed by atoms with E-state index in [1.807, 2.05) is 42.5 Å². The average molecular weight is 586 g/mol. The van der Waals surface area contributed by atoms with Gasteiger partial charge >= 0.3 is 12.2 Å². The van der Waals surface area contributed by atoms with Crippen molar-refractivity contribution in [2.45, 2.75) is 89.9 Å². The zero-order valence-electron chi connectivity index (χ0n) is 25.5. The Kier molecular flexibility index (Phi) is 13.3. The molecule has 2 aromatic carbocycles. The second kappa shape index (κ2) is 16.1. The molecule has 0 spiro atoms. The number of rotatable bonds is 13. The fraction of sp³-hybridized carbons (Fsp3) is 0.500. The van der Waals surface area contributed by atoms with Gasteiger partial charge in [-0.25, -0.2) is 9.59 Å². The van der Waals surface area contributed by atoms with E-state index >= 15 is 0 Å². The number of hydrogen-bond acceptors (Lipinski definition) is 8. The molecule has 0 radical (unpaired) electrons. The van der Waals surface area contributed by atoms with Crippen molar-refractivity contribution in [3.63, 3.8) is 0 Å². The molecule has 0 aliphatic heterocycles. The van der Waals surface area contributed by atoms with E-state index in [1.165, 1.54) is 0 Å². The SMILES string of the molecule is CC(C)(C)OC(=O)N[C@@H](Cc1ccccc1)[C@H](O)CNC[C@@H](O)[C@@H](C/C=C/c1ccc(O)cc1)NC(=O)OC(C)(C)C. The summed E-state index contributed by atoms with van der Waals surface area (Å²) in [5.74, 6) is 0.160. The molecule has 2 amide bonds. The predicted molar refractivity (Wildman–Crippen MR) is 163 cm³/mol. The smallest absolute Gasteiger partial charge is 0.407 e. The molecule has 4 atom stereocenters. The standard InChI is InChI=1S/C32H47N3O7/c1-31(2,3)41-29(39)34-25(14-10-13-22-15-17-24(36)18-16-22)27(37)20-33-21-28(38)26(19-23-11-8-7-9-12-23)35-30(40)42-32(4,5)6/h7-13,15-18,25-28,33,36-38H,14,19-21H2,1-6H3,(H,34,39)(H,35,40)/b13-10+/t25-,26+,27-,28-/m1/s1. The highest BCUT2D eigenvalue weighted by molar-refractivity contribution is 5.68. The van der Waals surface area contributed by atoms with Gasteiger partial charge in [-0.15, -0.1) is 0 Å². The van der Waals surface area contributed by atoms with Crippen LogP contribution in [0.1, 0.15) is 59.1 Å². The van der Waals surface area contributed by atoms with Gasteiger partial charge in [0.1, 0.15) is 17.0 Å². The third-order valence-corrected chi connectivity index (χ3v) is 5.93. The Morgan fingerprint density at radius 2 is 1.29 bits per heavy atom. The molecule has 232 valence electrons. The number of hydrogen-bond donors (Lipinski definition) is 6. The Morgan fingerprint density at radius 1 is 0.786 bits per heavy atom. The first-order chi connectivity index (χ1) is 19.6. The monoisotopic (exact) mass is 585 g/mol. The minimum Gasteiger partial charge on any atom is -0.508 e. The first-order valence-corrected chi connectivity index (χ1v) is 14.2. The topological polar surface area (TPSA) is 149 Å². The quantitative estimate of drug-likeness (QED) is 0.205. The van der Waals surface area contributed by atoms with Crippen LogP contribution in [0.3, 0.4) is 0 Å². The van der Waals surface area contributed by atoms with Crippen LogP contribution < -0.4 is 16.0 Å². The summed E-state index contributed by atoms with van der Waals surface area (Å²) < 4.78 is 10.8. The molecule has 6 N–H and O–H groups in total. The molecular formula is C32H47N3O7. The lowest BCUT2D eigenvalue weighted by atomic mass is 10.0. The molecule has 0 bridgehead atoms. The van der Waals surface area contributed by atoms with Gasteiger partial charge < -0.3 is 40.7 Å². The molecule has 0 aliphatic rings. The molecule has 0 unspecified atom stereocenters.